The lowest BCUT2D eigenvalue weighted by atomic mass is 10.1. The maximum absolute atomic E-state index is 5.36. The fraction of sp³-hybridized carbons (Fsp3) is 1.00. The maximum Gasteiger partial charge on any atom is 0.00558 e. The quantitative estimate of drug-likeness (QED) is 0.604. The molecule has 1 unspecified atom stereocenters. The minimum atomic E-state index is 0.825. The predicted molar refractivity (Wildman–Crippen MR) is 50.5 cm³/mol. The molecule has 0 aliphatic heterocycles. The molecular weight excluding hydrogens is 142 g/mol. The van der Waals surface area contributed by atoms with Gasteiger partial charge in [0.1, 0.15) is 0 Å². The van der Waals surface area contributed by atoms with Crippen molar-refractivity contribution in [3.63, 3.8) is 0 Å². The molecule has 0 heterocycles. The van der Waals surface area contributed by atoms with Crippen LogP contribution in [0, 0.1) is 5.92 Å². The Balaban J connectivity index is 2.89. The molecule has 0 saturated carbocycles. The number of hydrogen-bond acceptors (Lipinski definition) is 2. The van der Waals surface area contributed by atoms with Gasteiger partial charge < -0.3 is 5.73 Å². The Morgan fingerprint density at radius 2 is 2.10 bits per heavy atom. The maximum atomic E-state index is 5.36. The highest BCUT2D eigenvalue weighted by molar-refractivity contribution is 7.99. The van der Waals surface area contributed by atoms with Crippen LogP contribution >= 0.6 is 11.8 Å². The van der Waals surface area contributed by atoms with Gasteiger partial charge in [0.2, 0.25) is 0 Å². The zero-order valence-corrected chi connectivity index (χ0v) is 7.91. The summed E-state index contributed by atoms with van der Waals surface area (Å²) < 4.78 is 0. The summed E-state index contributed by atoms with van der Waals surface area (Å²) in [6.45, 7) is 5.38. The monoisotopic (exact) mass is 161 g/mol. The number of nitrogens with two attached hydrogens (primary N) is 1. The first-order valence-corrected chi connectivity index (χ1v) is 5.24. The van der Waals surface area contributed by atoms with E-state index in [0.717, 1.165) is 18.2 Å². The van der Waals surface area contributed by atoms with E-state index in [1.165, 1.54) is 18.6 Å². The Morgan fingerprint density at radius 1 is 1.40 bits per heavy atom. The van der Waals surface area contributed by atoms with Gasteiger partial charge in [0.05, 0.1) is 0 Å². The summed E-state index contributed by atoms with van der Waals surface area (Å²) in [5.41, 5.74) is 5.36. The normalized spacial score (nSPS) is 13.5. The van der Waals surface area contributed by atoms with E-state index in [0.29, 0.717) is 0 Å². The highest BCUT2D eigenvalue weighted by Gasteiger charge is 1.96. The average Bonchev–Trinajstić information content (AvgIpc) is 1.98. The topological polar surface area (TPSA) is 26.0 Å². The van der Waals surface area contributed by atoms with Crippen LogP contribution in [0.2, 0.25) is 0 Å². The summed E-state index contributed by atoms with van der Waals surface area (Å²) in [5.74, 6) is 3.30. The van der Waals surface area contributed by atoms with Gasteiger partial charge in [-0.05, 0) is 18.1 Å². The van der Waals surface area contributed by atoms with Crippen LogP contribution in [0.3, 0.4) is 0 Å². The molecule has 1 nitrogen and oxygen atoms in total. The van der Waals surface area contributed by atoms with Gasteiger partial charge in [-0.15, -0.1) is 0 Å². The Hall–Kier alpha value is 0.310. The summed E-state index contributed by atoms with van der Waals surface area (Å²) >= 11 is 1.97. The van der Waals surface area contributed by atoms with Crippen molar-refractivity contribution in [2.75, 3.05) is 18.1 Å². The van der Waals surface area contributed by atoms with E-state index in [2.05, 4.69) is 13.8 Å². The van der Waals surface area contributed by atoms with E-state index in [9.17, 15) is 0 Å². The molecule has 0 aromatic rings. The van der Waals surface area contributed by atoms with Crippen LogP contribution in [0.1, 0.15) is 26.7 Å². The van der Waals surface area contributed by atoms with Crippen molar-refractivity contribution in [2.24, 2.45) is 11.7 Å². The fourth-order valence-electron chi connectivity index (χ4n) is 0.674. The largest absolute Gasteiger partial charge is 0.330 e. The number of thioether (sulfide) groups is 1. The first-order valence-electron chi connectivity index (χ1n) is 4.09. The molecule has 1 atom stereocenters. The molecule has 0 aromatic heterocycles. The Bertz CT molecular complexity index is 66.3. The molecule has 10 heavy (non-hydrogen) atoms. The molecule has 0 radical (unpaired) electrons. The minimum absolute atomic E-state index is 0.825. The van der Waals surface area contributed by atoms with Gasteiger partial charge in [-0.1, -0.05) is 20.3 Å². The first-order chi connectivity index (χ1) is 4.81. The van der Waals surface area contributed by atoms with Crippen molar-refractivity contribution < 1.29 is 0 Å². The summed E-state index contributed by atoms with van der Waals surface area (Å²) in [7, 11) is 0. The van der Waals surface area contributed by atoms with Crippen molar-refractivity contribution in [1.29, 1.82) is 0 Å². The zero-order chi connectivity index (χ0) is 7.82. The van der Waals surface area contributed by atoms with Crippen LogP contribution in [-0.2, 0) is 0 Å². The predicted octanol–water partition coefficient (Wildman–Crippen LogP) is 2.11. The van der Waals surface area contributed by atoms with E-state index in [1.807, 2.05) is 11.8 Å². The summed E-state index contributed by atoms with van der Waals surface area (Å²) in [5, 5.41) is 0. The van der Waals surface area contributed by atoms with Crippen molar-refractivity contribution in [1.82, 2.24) is 0 Å². The van der Waals surface area contributed by atoms with Crippen molar-refractivity contribution in [2.45, 2.75) is 26.7 Å². The van der Waals surface area contributed by atoms with Crippen molar-refractivity contribution in [3.05, 3.63) is 0 Å². The molecule has 2 N–H and O–H groups in total. The van der Waals surface area contributed by atoms with Gasteiger partial charge in [-0.25, -0.2) is 0 Å². The molecular formula is C8H19NS. The molecule has 0 amide bonds. The second-order valence-electron chi connectivity index (χ2n) is 2.70. The van der Waals surface area contributed by atoms with Gasteiger partial charge >= 0.3 is 0 Å². The first kappa shape index (κ1) is 10.3. The van der Waals surface area contributed by atoms with Crippen LogP contribution in [0.5, 0.6) is 0 Å². The highest BCUT2D eigenvalue weighted by Crippen LogP contribution is 2.11. The van der Waals surface area contributed by atoms with Gasteiger partial charge in [0, 0.05) is 12.3 Å². The molecule has 62 valence electrons. The third-order valence-corrected chi connectivity index (χ3v) is 2.76. The summed E-state index contributed by atoms with van der Waals surface area (Å²) in [4.78, 5) is 0. The third kappa shape index (κ3) is 6.43. The van der Waals surface area contributed by atoms with E-state index >= 15 is 0 Å². The molecule has 0 spiro atoms. The molecule has 0 aliphatic rings. The molecule has 0 fully saturated rings. The summed E-state index contributed by atoms with van der Waals surface area (Å²) in [6.07, 6.45) is 2.66. The van der Waals surface area contributed by atoms with Crippen LogP contribution < -0.4 is 5.73 Å². The smallest absolute Gasteiger partial charge is 0.00558 e. The third-order valence-electron chi connectivity index (χ3n) is 1.71. The van der Waals surface area contributed by atoms with Gasteiger partial charge in [-0.3, -0.25) is 0 Å². The molecule has 0 bridgehead atoms. The molecule has 0 rings (SSSR count). The second kappa shape index (κ2) is 7.42. The summed E-state index contributed by atoms with van der Waals surface area (Å²) in [6, 6.07) is 0. The molecule has 2 heteroatoms. The Kier molecular flexibility index (Phi) is 7.65. The fourth-order valence-corrected chi connectivity index (χ4v) is 1.61. The van der Waals surface area contributed by atoms with E-state index in [-0.39, 0.29) is 0 Å². The van der Waals surface area contributed by atoms with Crippen LogP contribution in [0.4, 0.5) is 0 Å². The van der Waals surface area contributed by atoms with Crippen LogP contribution in [0.25, 0.3) is 0 Å². The van der Waals surface area contributed by atoms with Crippen LogP contribution in [-0.4, -0.2) is 18.1 Å². The minimum Gasteiger partial charge on any atom is -0.330 e. The zero-order valence-electron chi connectivity index (χ0n) is 7.10. The standard InChI is InChI=1S/C8H19NS/c1-3-8(2)4-6-10-7-5-9/h8H,3-7,9H2,1-2H3. The van der Waals surface area contributed by atoms with E-state index in [1.54, 1.807) is 0 Å². The van der Waals surface area contributed by atoms with Crippen LogP contribution in [0.15, 0.2) is 0 Å². The van der Waals surface area contributed by atoms with Crippen molar-refractivity contribution >= 4 is 11.8 Å². The van der Waals surface area contributed by atoms with E-state index < -0.39 is 0 Å². The second-order valence-corrected chi connectivity index (χ2v) is 3.93. The lowest BCUT2D eigenvalue weighted by molar-refractivity contribution is 0.549. The number of hydrogen-bond donors (Lipinski definition) is 1. The average molecular weight is 161 g/mol. The number of rotatable bonds is 6. The Labute approximate surface area is 68.8 Å². The SMILES string of the molecule is CCC(C)CCSCCN. The molecule has 0 saturated heterocycles. The van der Waals surface area contributed by atoms with Gasteiger partial charge in [0.25, 0.3) is 0 Å². The molecule has 0 aliphatic carbocycles. The lowest BCUT2D eigenvalue weighted by Gasteiger charge is -2.06. The highest BCUT2D eigenvalue weighted by atomic mass is 32.2. The lowest BCUT2D eigenvalue weighted by Crippen LogP contribution is -2.02. The Morgan fingerprint density at radius 3 is 2.60 bits per heavy atom. The van der Waals surface area contributed by atoms with Gasteiger partial charge in [0.15, 0.2) is 0 Å². The van der Waals surface area contributed by atoms with Gasteiger partial charge in [-0.2, -0.15) is 11.8 Å². The van der Waals surface area contributed by atoms with Crippen molar-refractivity contribution in [3.8, 4) is 0 Å². The van der Waals surface area contributed by atoms with E-state index in [4.69, 9.17) is 5.73 Å². The molecule has 0 aromatic carbocycles.